The van der Waals surface area contributed by atoms with Gasteiger partial charge < -0.3 is 9.80 Å². The normalized spacial score (nSPS) is 17.8. The molecule has 150 valence electrons. The van der Waals surface area contributed by atoms with Crippen molar-refractivity contribution < 1.29 is 9.59 Å². The highest BCUT2D eigenvalue weighted by Gasteiger charge is 2.31. The molecule has 2 aliphatic heterocycles. The zero-order valence-electron chi connectivity index (χ0n) is 16.4. The van der Waals surface area contributed by atoms with Gasteiger partial charge in [-0.1, -0.05) is 52.3 Å². The van der Waals surface area contributed by atoms with E-state index < -0.39 is 0 Å². The lowest BCUT2D eigenvalue weighted by Crippen LogP contribution is -2.45. The molecule has 0 saturated carbocycles. The lowest BCUT2D eigenvalue weighted by Gasteiger charge is -2.35. The third-order valence-electron chi connectivity index (χ3n) is 5.89. The fourth-order valence-corrected chi connectivity index (χ4v) is 4.41. The van der Waals surface area contributed by atoms with Gasteiger partial charge in [-0.3, -0.25) is 9.59 Å². The average molecular weight is 453 g/mol. The molecule has 0 spiro atoms. The minimum Gasteiger partial charge on any atom is -0.339 e. The largest absolute Gasteiger partial charge is 0.339 e. The molecule has 29 heavy (non-hydrogen) atoms. The Morgan fingerprint density at radius 3 is 2.17 bits per heavy atom. The molecule has 2 aromatic rings. The van der Waals surface area contributed by atoms with Crippen LogP contribution in [0, 0.1) is 5.92 Å². The molecule has 4 nitrogen and oxygen atoms in total. The standard InChI is InChI=1S/C24H25BrN2O2/c25-22-8-6-20(7-9-22)23(28)27-16-12-21(13-17-27)24(29)26-14-10-19(11-15-26)18-4-2-1-3-5-18/h1-10,21H,11-17H2. The molecule has 1 saturated heterocycles. The number of hydrogen-bond acceptors (Lipinski definition) is 2. The predicted molar refractivity (Wildman–Crippen MR) is 118 cm³/mol. The van der Waals surface area contributed by atoms with Gasteiger partial charge in [-0.25, -0.2) is 0 Å². The van der Waals surface area contributed by atoms with Crippen LogP contribution in [0.2, 0.25) is 0 Å². The Labute approximate surface area is 180 Å². The molecule has 0 aliphatic carbocycles. The van der Waals surface area contributed by atoms with E-state index in [9.17, 15) is 9.59 Å². The van der Waals surface area contributed by atoms with Crippen LogP contribution in [0.5, 0.6) is 0 Å². The number of piperidine rings is 1. The quantitative estimate of drug-likeness (QED) is 0.681. The highest BCUT2D eigenvalue weighted by molar-refractivity contribution is 9.10. The first-order valence-corrected chi connectivity index (χ1v) is 11.0. The maximum Gasteiger partial charge on any atom is 0.253 e. The van der Waals surface area contributed by atoms with Gasteiger partial charge >= 0.3 is 0 Å². The minimum atomic E-state index is 0.0237. The fourth-order valence-electron chi connectivity index (χ4n) is 4.15. The van der Waals surface area contributed by atoms with Crippen molar-refractivity contribution >= 4 is 33.3 Å². The summed E-state index contributed by atoms with van der Waals surface area (Å²) in [5, 5.41) is 0. The number of carbonyl (C=O) groups is 2. The molecule has 2 heterocycles. The third-order valence-corrected chi connectivity index (χ3v) is 6.42. The van der Waals surface area contributed by atoms with Gasteiger partial charge in [-0.2, -0.15) is 0 Å². The summed E-state index contributed by atoms with van der Waals surface area (Å²) in [6, 6.07) is 17.8. The highest BCUT2D eigenvalue weighted by Crippen LogP contribution is 2.26. The summed E-state index contributed by atoms with van der Waals surface area (Å²) in [5.74, 6) is 0.316. The molecular formula is C24H25BrN2O2. The summed E-state index contributed by atoms with van der Waals surface area (Å²) in [4.78, 5) is 29.5. The van der Waals surface area contributed by atoms with E-state index in [1.165, 1.54) is 11.1 Å². The third kappa shape index (κ3) is 4.61. The van der Waals surface area contributed by atoms with Gasteiger partial charge in [0.15, 0.2) is 0 Å². The van der Waals surface area contributed by atoms with Crippen LogP contribution in [0.4, 0.5) is 0 Å². The molecule has 2 aromatic carbocycles. The molecule has 4 rings (SSSR count). The van der Waals surface area contributed by atoms with Crippen LogP contribution in [0.3, 0.4) is 0 Å². The molecule has 0 unspecified atom stereocenters. The Bertz CT molecular complexity index is 900. The van der Waals surface area contributed by atoms with Crippen molar-refractivity contribution in [3.05, 3.63) is 76.3 Å². The van der Waals surface area contributed by atoms with E-state index in [-0.39, 0.29) is 17.7 Å². The summed E-state index contributed by atoms with van der Waals surface area (Å²) in [5.41, 5.74) is 3.27. The van der Waals surface area contributed by atoms with Crippen molar-refractivity contribution in [3.63, 3.8) is 0 Å². The Kier molecular flexibility index (Phi) is 6.14. The SMILES string of the molecule is O=C(c1ccc(Br)cc1)N1CCC(C(=O)N2CC=C(c3ccccc3)CC2)CC1. The lowest BCUT2D eigenvalue weighted by atomic mass is 9.93. The number of rotatable bonds is 3. The smallest absolute Gasteiger partial charge is 0.253 e. The lowest BCUT2D eigenvalue weighted by molar-refractivity contribution is -0.136. The maximum absolute atomic E-state index is 13.0. The van der Waals surface area contributed by atoms with Crippen LogP contribution < -0.4 is 0 Å². The van der Waals surface area contributed by atoms with Gasteiger partial charge in [0.1, 0.15) is 0 Å². The van der Waals surface area contributed by atoms with E-state index in [0.29, 0.717) is 25.2 Å². The molecule has 1 fully saturated rings. The van der Waals surface area contributed by atoms with Crippen LogP contribution in [0.1, 0.15) is 35.2 Å². The first kappa shape index (κ1) is 19.9. The number of halogens is 1. The van der Waals surface area contributed by atoms with Crippen LogP contribution in [0.15, 0.2) is 65.1 Å². The van der Waals surface area contributed by atoms with Crippen molar-refractivity contribution in [2.45, 2.75) is 19.3 Å². The molecule has 0 atom stereocenters. The van der Waals surface area contributed by atoms with E-state index in [1.807, 2.05) is 40.1 Å². The molecule has 2 amide bonds. The second-order valence-electron chi connectivity index (χ2n) is 7.70. The number of carbonyl (C=O) groups excluding carboxylic acids is 2. The Hall–Kier alpha value is -2.40. The van der Waals surface area contributed by atoms with Crippen molar-refractivity contribution in [2.75, 3.05) is 26.2 Å². The molecule has 0 radical (unpaired) electrons. The predicted octanol–water partition coefficient (Wildman–Crippen LogP) is 4.62. The van der Waals surface area contributed by atoms with Gasteiger partial charge in [0, 0.05) is 42.1 Å². The zero-order valence-corrected chi connectivity index (χ0v) is 18.0. The molecule has 5 heteroatoms. The topological polar surface area (TPSA) is 40.6 Å². The molecular weight excluding hydrogens is 428 g/mol. The number of nitrogens with zero attached hydrogens (tertiary/aromatic N) is 2. The van der Waals surface area contributed by atoms with Crippen LogP contribution in [0.25, 0.3) is 5.57 Å². The van der Waals surface area contributed by atoms with Gasteiger partial charge in [0.25, 0.3) is 5.91 Å². The summed E-state index contributed by atoms with van der Waals surface area (Å²) < 4.78 is 0.962. The fraction of sp³-hybridized carbons (Fsp3) is 0.333. The van der Waals surface area contributed by atoms with Crippen LogP contribution >= 0.6 is 15.9 Å². The van der Waals surface area contributed by atoms with Gasteiger partial charge in [0.2, 0.25) is 5.91 Å². The molecule has 2 aliphatic rings. The zero-order chi connectivity index (χ0) is 20.2. The number of likely N-dealkylation sites (tertiary alicyclic amines) is 1. The molecule has 0 bridgehead atoms. The second-order valence-corrected chi connectivity index (χ2v) is 8.62. The highest BCUT2D eigenvalue weighted by atomic mass is 79.9. The minimum absolute atomic E-state index is 0.0237. The van der Waals surface area contributed by atoms with Crippen LogP contribution in [-0.2, 0) is 4.79 Å². The van der Waals surface area contributed by atoms with E-state index in [2.05, 4.69) is 46.3 Å². The van der Waals surface area contributed by atoms with E-state index in [4.69, 9.17) is 0 Å². The molecule has 0 aromatic heterocycles. The second kappa shape index (κ2) is 8.95. The van der Waals surface area contributed by atoms with E-state index in [1.54, 1.807) is 0 Å². The van der Waals surface area contributed by atoms with Crippen molar-refractivity contribution in [3.8, 4) is 0 Å². The molecule has 0 N–H and O–H groups in total. The summed E-state index contributed by atoms with van der Waals surface area (Å²) >= 11 is 3.40. The summed E-state index contributed by atoms with van der Waals surface area (Å²) in [6.45, 7) is 2.74. The monoisotopic (exact) mass is 452 g/mol. The maximum atomic E-state index is 13.0. The Morgan fingerprint density at radius 2 is 1.55 bits per heavy atom. The Balaban J connectivity index is 1.31. The van der Waals surface area contributed by atoms with Crippen LogP contribution in [-0.4, -0.2) is 47.8 Å². The summed E-state index contributed by atoms with van der Waals surface area (Å²) in [6.07, 6.45) is 4.57. The first-order valence-electron chi connectivity index (χ1n) is 10.2. The summed E-state index contributed by atoms with van der Waals surface area (Å²) in [7, 11) is 0. The number of hydrogen-bond donors (Lipinski definition) is 0. The van der Waals surface area contributed by atoms with Gasteiger partial charge in [0.05, 0.1) is 0 Å². The van der Waals surface area contributed by atoms with Crippen molar-refractivity contribution in [1.82, 2.24) is 9.80 Å². The van der Waals surface area contributed by atoms with Crippen molar-refractivity contribution in [1.29, 1.82) is 0 Å². The van der Waals surface area contributed by atoms with Crippen molar-refractivity contribution in [2.24, 2.45) is 5.92 Å². The van der Waals surface area contributed by atoms with E-state index in [0.717, 1.165) is 30.3 Å². The Morgan fingerprint density at radius 1 is 0.862 bits per heavy atom. The average Bonchev–Trinajstić information content (AvgIpc) is 2.79. The number of amides is 2. The van der Waals surface area contributed by atoms with E-state index >= 15 is 0 Å². The first-order chi connectivity index (χ1) is 14.1. The van der Waals surface area contributed by atoms with Gasteiger partial charge in [-0.15, -0.1) is 0 Å². The number of benzene rings is 2. The van der Waals surface area contributed by atoms with Gasteiger partial charge in [-0.05, 0) is 54.7 Å².